The number of para-hydroxylation sites is 1. The fourth-order valence-corrected chi connectivity index (χ4v) is 3.80. The van der Waals surface area contributed by atoms with Gasteiger partial charge < -0.3 is 15.5 Å². The first-order chi connectivity index (χ1) is 14.5. The van der Waals surface area contributed by atoms with E-state index >= 15 is 0 Å². The lowest BCUT2D eigenvalue weighted by atomic mass is 10.0. The van der Waals surface area contributed by atoms with Crippen LogP contribution in [0.2, 0.25) is 0 Å². The zero-order valence-corrected chi connectivity index (χ0v) is 16.7. The highest BCUT2D eigenvalue weighted by Crippen LogP contribution is 2.37. The Hall–Kier alpha value is -3.82. The molecular formula is C21H16FN5O2S. The number of halogens is 1. The summed E-state index contributed by atoms with van der Waals surface area (Å²) >= 11 is 1.02. The summed E-state index contributed by atoms with van der Waals surface area (Å²) in [6.45, 7) is 1.78. The van der Waals surface area contributed by atoms with Crippen molar-refractivity contribution in [2.75, 3.05) is 11.1 Å². The molecule has 0 aliphatic carbocycles. The van der Waals surface area contributed by atoms with Crippen LogP contribution in [0.25, 0.3) is 11.3 Å². The number of pyridine rings is 1. The number of amides is 1. The number of nitrogen functional groups attached to an aromatic ring is 1. The highest BCUT2D eigenvalue weighted by molar-refractivity contribution is 8.00. The van der Waals surface area contributed by atoms with Gasteiger partial charge in [0.2, 0.25) is 5.91 Å². The Balaban J connectivity index is 1.99. The molecule has 3 aromatic rings. The molecular weight excluding hydrogens is 405 g/mol. The van der Waals surface area contributed by atoms with Crippen molar-refractivity contribution < 1.29 is 13.6 Å². The average Bonchev–Trinajstić information content (AvgIpc) is 3.27. The van der Waals surface area contributed by atoms with Gasteiger partial charge in [-0.2, -0.15) is 10.5 Å². The Morgan fingerprint density at radius 2 is 2.00 bits per heavy atom. The van der Waals surface area contributed by atoms with Crippen molar-refractivity contribution in [1.29, 1.82) is 10.5 Å². The summed E-state index contributed by atoms with van der Waals surface area (Å²) in [7, 11) is 0. The zero-order chi connectivity index (χ0) is 21.7. The van der Waals surface area contributed by atoms with Gasteiger partial charge in [-0.1, -0.05) is 30.8 Å². The fraction of sp³-hybridized carbons (Fsp3) is 0.143. The van der Waals surface area contributed by atoms with Crippen LogP contribution >= 0.6 is 11.8 Å². The topological polar surface area (TPSA) is 129 Å². The normalized spacial score (nSPS) is 11.3. The van der Waals surface area contributed by atoms with E-state index in [0.29, 0.717) is 12.2 Å². The molecule has 0 saturated carbocycles. The van der Waals surface area contributed by atoms with Gasteiger partial charge in [-0.25, -0.2) is 9.37 Å². The lowest BCUT2D eigenvalue weighted by Gasteiger charge is -2.17. The molecule has 0 fully saturated rings. The maximum absolute atomic E-state index is 13.9. The number of carbonyl (C=O) groups excluding carboxylic acids is 1. The molecule has 30 heavy (non-hydrogen) atoms. The van der Waals surface area contributed by atoms with Crippen LogP contribution in [0.15, 0.2) is 52.1 Å². The first kappa shape index (κ1) is 20.9. The summed E-state index contributed by atoms with van der Waals surface area (Å²) in [4.78, 5) is 16.9. The third kappa shape index (κ3) is 4.12. The maximum atomic E-state index is 13.9. The number of furan rings is 1. The van der Waals surface area contributed by atoms with Gasteiger partial charge >= 0.3 is 0 Å². The standard InChI is InChI=1S/C21H16FN5O2S/c1-2-17(20(28)26-15-7-4-3-6-14(15)22)30-21-13(11-24)18(16-8-5-9-29-16)12(10-23)19(25)27-21/h3-9,17H,2H2,1H3,(H2,25,27)(H,26,28). The minimum absolute atomic E-state index is 0.0229. The van der Waals surface area contributed by atoms with Gasteiger partial charge in [-0.15, -0.1) is 0 Å². The summed E-state index contributed by atoms with van der Waals surface area (Å²) in [5.74, 6) is -0.775. The fourth-order valence-electron chi connectivity index (χ4n) is 2.78. The number of hydrogen-bond acceptors (Lipinski definition) is 7. The monoisotopic (exact) mass is 421 g/mol. The highest BCUT2D eigenvalue weighted by Gasteiger charge is 2.26. The second kappa shape index (κ2) is 9.12. The van der Waals surface area contributed by atoms with Crippen LogP contribution in [0.5, 0.6) is 0 Å². The Labute approximate surface area is 176 Å². The van der Waals surface area contributed by atoms with E-state index in [-0.39, 0.29) is 33.2 Å². The zero-order valence-electron chi connectivity index (χ0n) is 15.8. The maximum Gasteiger partial charge on any atom is 0.237 e. The minimum Gasteiger partial charge on any atom is -0.464 e. The second-order valence-corrected chi connectivity index (χ2v) is 7.30. The van der Waals surface area contributed by atoms with E-state index in [4.69, 9.17) is 10.2 Å². The largest absolute Gasteiger partial charge is 0.464 e. The van der Waals surface area contributed by atoms with Gasteiger partial charge in [0.1, 0.15) is 40.1 Å². The number of anilines is 2. The SMILES string of the molecule is CCC(Sc1nc(N)c(C#N)c(-c2ccco2)c1C#N)C(=O)Nc1ccccc1F. The van der Waals surface area contributed by atoms with Crippen molar-refractivity contribution in [1.82, 2.24) is 4.98 Å². The van der Waals surface area contributed by atoms with Crippen LogP contribution in [0.4, 0.5) is 15.9 Å². The number of carbonyl (C=O) groups is 1. The van der Waals surface area contributed by atoms with Gasteiger partial charge in [0.15, 0.2) is 0 Å². The number of thioether (sulfide) groups is 1. The lowest BCUT2D eigenvalue weighted by Crippen LogP contribution is -2.25. The van der Waals surface area contributed by atoms with Crippen molar-refractivity contribution >= 4 is 29.2 Å². The molecule has 0 aliphatic heterocycles. The van der Waals surface area contributed by atoms with Crippen molar-refractivity contribution in [3.63, 3.8) is 0 Å². The van der Waals surface area contributed by atoms with Gasteiger partial charge in [-0.05, 0) is 30.7 Å². The molecule has 150 valence electrons. The quantitative estimate of drug-likeness (QED) is 0.567. The predicted molar refractivity (Wildman–Crippen MR) is 111 cm³/mol. The van der Waals surface area contributed by atoms with E-state index in [1.807, 2.05) is 12.1 Å². The number of rotatable bonds is 6. The van der Waals surface area contributed by atoms with Crippen LogP contribution in [0, 0.1) is 28.5 Å². The van der Waals surface area contributed by atoms with Crippen LogP contribution < -0.4 is 11.1 Å². The molecule has 1 atom stereocenters. The molecule has 0 radical (unpaired) electrons. The average molecular weight is 421 g/mol. The summed E-state index contributed by atoms with van der Waals surface area (Å²) in [5, 5.41) is 21.3. The second-order valence-electron chi connectivity index (χ2n) is 6.11. The third-order valence-electron chi connectivity index (χ3n) is 4.23. The Bertz CT molecular complexity index is 1170. The Morgan fingerprint density at radius 3 is 2.60 bits per heavy atom. The predicted octanol–water partition coefficient (Wildman–Crippen LogP) is 4.32. The number of benzene rings is 1. The van der Waals surface area contributed by atoms with Crippen LogP contribution in [-0.2, 0) is 4.79 Å². The molecule has 3 rings (SSSR count). The Kier molecular flexibility index (Phi) is 6.35. The first-order valence-electron chi connectivity index (χ1n) is 8.89. The van der Waals surface area contributed by atoms with Crippen molar-refractivity contribution in [2.45, 2.75) is 23.6 Å². The highest BCUT2D eigenvalue weighted by atomic mass is 32.2. The Morgan fingerprint density at radius 1 is 1.27 bits per heavy atom. The van der Waals surface area contributed by atoms with Crippen LogP contribution in [-0.4, -0.2) is 16.1 Å². The van der Waals surface area contributed by atoms with E-state index < -0.39 is 17.0 Å². The molecule has 1 aromatic carbocycles. The van der Waals surface area contributed by atoms with Gasteiger partial charge in [-0.3, -0.25) is 4.79 Å². The number of nitrogens with zero attached hydrogens (tertiary/aromatic N) is 3. The molecule has 2 aromatic heterocycles. The number of nitrogens with one attached hydrogen (secondary N) is 1. The van der Waals surface area contributed by atoms with Crippen molar-refractivity contribution in [3.8, 4) is 23.5 Å². The molecule has 0 aliphatic rings. The van der Waals surface area contributed by atoms with E-state index in [1.54, 1.807) is 25.1 Å². The van der Waals surface area contributed by atoms with Crippen LogP contribution in [0.1, 0.15) is 24.5 Å². The molecule has 2 heterocycles. The van der Waals surface area contributed by atoms with Crippen molar-refractivity contribution in [3.05, 3.63) is 59.6 Å². The molecule has 3 N–H and O–H groups in total. The smallest absolute Gasteiger partial charge is 0.237 e. The summed E-state index contributed by atoms with van der Waals surface area (Å²) in [5.41, 5.74) is 6.34. The number of nitrogens with two attached hydrogens (primary N) is 1. The molecule has 1 unspecified atom stereocenters. The molecule has 0 spiro atoms. The summed E-state index contributed by atoms with van der Waals surface area (Å²) in [6.07, 6.45) is 1.80. The number of hydrogen-bond donors (Lipinski definition) is 2. The van der Waals surface area contributed by atoms with Crippen LogP contribution in [0.3, 0.4) is 0 Å². The number of nitriles is 2. The first-order valence-corrected chi connectivity index (χ1v) is 9.77. The molecule has 0 bridgehead atoms. The molecule has 1 amide bonds. The minimum atomic E-state index is -0.680. The lowest BCUT2D eigenvalue weighted by molar-refractivity contribution is -0.115. The molecule has 9 heteroatoms. The summed E-state index contributed by atoms with van der Waals surface area (Å²) < 4.78 is 19.2. The van der Waals surface area contributed by atoms with E-state index in [9.17, 15) is 19.7 Å². The number of aromatic nitrogens is 1. The molecule has 0 saturated heterocycles. The van der Waals surface area contributed by atoms with Gasteiger partial charge in [0.05, 0.1) is 28.3 Å². The van der Waals surface area contributed by atoms with E-state index in [0.717, 1.165) is 11.8 Å². The van der Waals surface area contributed by atoms with Gasteiger partial charge in [0, 0.05) is 0 Å². The van der Waals surface area contributed by atoms with Gasteiger partial charge in [0.25, 0.3) is 0 Å². The van der Waals surface area contributed by atoms with E-state index in [2.05, 4.69) is 10.3 Å². The van der Waals surface area contributed by atoms with Crippen molar-refractivity contribution in [2.24, 2.45) is 0 Å². The third-order valence-corrected chi connectivity index (χ3v) is 5.58. The molecule has 7 nitrogen and oxygen atoms in total. The van der Waals surface area contributed by atoms with E-state index in [1.165, 1.54) is 24.5 Å². The summed E-state index contributed by atoms with van der Waals surface area (Å²) in [6, 6.07) is 13.1.